The summed E-state index contributed by atoms with van der Waals surface area (Å²) in [6, 6.07) is 6.81. The third kappa shape index (κ3) is 3.73. The number of fused-ring (bicyclic) bond motifs is 1. The summed E-state index contributed by atoms with van der Waals surface area (Å²) in [5.41, 5.74) is 4.21. The summed E-state index contributed by atoms with van der Waals surface area (Å²) in [6.07, 6.45) is 1.17. The second-order valence-corrected chi connectivity index (χ2v) is 6.45. The maximum atomic E-state index is 3.64. The first-order valence-corrected chi connectivity index (χ1v) is 7.64. The fourth-order valence-corrected chi connectivity index (χ4v) is 3.09. The smallest absolute Gasteiger partial charge is 0.0373 e. The standard InChI is InChI=1S/C17H28N2/c1-12(2)16(13(3)4)11-18-10-14-5-6-17-15(9-14)7-8-19-17/h5-6,9,12-13,16,18-19H,7-8,10-11H2,1-4H3. The molecular weight excluding hydrogens is 232 g/mol. The Morgan fingerprint density at radius 3 is 2.58 bits per heavy atom. The van der Waals surface area contributed by atoms with E-state index in [2.05, 4.69) is 56.5 Å². The molecule has 0 aliphatic carbocycles. The maximum absolute atomic E-state index is 3.64. The monoisotopic (exact) mass is 260 g/mol. The molecule has 19 heavy (non-hydrogen) atoms. The minimum atomic E-state index is 0.747. The van der Waals surface area contributed by atoms with Crippen LogP contribution in [0.1, 0.15) is 38.8 Å². The second-order valence-electron chi connectivity index (χ2n) is 6.45. The molecule has 0 fully saturated rings. The molecule has 0 saturated heterocycles. The fourth-order valence-electron chi connectivity index (χ4n) is 3.09. The molecule has 0 amide bonds. The fraction of sp³-hybridized carbons (Fsp3) is 0.647. The van der Waals surface area contributed by atoms with Crippen molar-refractivity contribution in [1.82, 2.24) is 5.32 Å². The van der Waals surface area contributed by atoms with Gasteiger partial charge in [-0.3, -0.25) is 0 Å². The summed E-state index contributed by atoms with van der Waals surface area (Å²) < 4.78 is 0. The van der Waals surface area contributed by atoms with Crippen LogP contribution in [0, 0.1) is 17.8 Å². The number of nitrogens with one attached hydrogen (secondary N) is 2. The topological polar surface area (TPSA) is 24.1 Å². The highest BCUT2D eigenvalue weighted by Crippen LogP contribution is 2.23. The first kappa shape index (κ1) is 14.4. The van der Waals surface area contributed by atoms with Crippen LogP contribution in [-0.2, 0) is 13.0 Å². The van der Waals surface area contributed by atoms with Crippen LogP contribution in [0.4, 0.5) is 5.69 Å². The van der Waals surface area contributed by atoms with Crippen LogP contribution in [-0.4, -0.2) is 13.1 Å². The van der Waals surface area contributed by atoms with E-state index >= 15 is 0 Å². The molecule has 0 aromatic heterocycles. The van der Waals surface area contributed by atoms with Gasteiger partial charge >= 0.3 is 0 Å². The molecule has 2 rings (SSSR count). The summed E-state index contributed by atoms with van der Waals surface area (Å²) in [7, 11) is 0. The highest BCUT2D eigenvalue weighted by molar-refractivity contribution is 5.56. The normalized spacial score (nSPS) is 14.3. The van der Waals surface area contributed by atoms with Gasteiger partial charge in [-0.2, -0.15) is 0 Å². The average molecular weight is 260 g/mol. The quantitative estimate of drug-likeness (QED) is 0.815. The summed E-state index contributed by atoms with van der Waals surface area (Å²) in [6.45, 7) is 12.5. The van der Waals surface area contributed by atoms with Gasteiger partial charge in [0.1, 0.15) is 0 Å². The van der Waals surface area contributed by atoms with E-state index in [-0.39, 0.29) is 0 Å². The minimum Gasteiger partial charge on any atom is -0.384 e. The van der Waals surface area contributed by atoms with Crippen molar-refractivity contribution in [3.63, 3.8) is 0 Å². The van der Waals surface area contributed by atoms with Crippen molar-refractivity contribution in [2.75, 3.05) is 18.4 Å². The lowest BCUT2D eigenvalue weighted by Crippen LogP contribution is -2.29. The third-order valence-corrected chi connectivity index (χ3v) is 4.30. The Hall–Kier alpha value is -1.02. The summed E-state index contributed by atoms with van der Waals surface area (Å²) >= 11 is 0. The van der Waals surface area contributed by atoms with Gasteiger partial charge in [0.25, 0.3) is 0 Å². The van der Waals surface area contributed by atoms with E-state index in [9.17, 15) is 0 Å². The molecule has 0 radical (unpaired) electrons. The molecule has 1 heterocycles. The highest BCUT2D eigenvalue weighted by atomic mass is 14.9. The van der Waals surface area contributed by atoms with Crippen molar-refractivity contribution in [2.45, 2.75) is 40.7 Å². The Morgan fingerprint density at radius 2 is 1.89 bits per heavy atom. The van der Waals surface area contributed by atoms with Gasteiger partial charge in [-0.15, -0.1) is 0 Å². The highest BCUT2D eigenvalue weighted by Gasteiger charge is 2.17. The van der Waals surface area contributed by atoms with Crippen LogP contribution in [0.15, 0.2) is 18.2 Å². The van der Waals surface area contributed by atoms with Gasteiger partial charge in [0.05, 0.1) is 0 Å². The number of benzene rings is 1. The van der Waals surface area contributed by atoms with Gasteiger partial charge in [0, 0.05) is 18.8 Å². The molecule has 2 heteroatoms. The Kier molecular flexibility index (Phi) is 4.87. The molecule has 1 aliphatic rings. The van der Waals surface area contributed by atoms with E-state index in [0.29, 0.717) is 0 Å². The molecule has 1 aliphatic heterocycles. The zero-order valence-electron chi connectivity index (χ0n) is 12.8. The van der Waals surface area contributed by atoms with Gasteiger partial charge in [0.2, 0.25) is 0 Å². The van der Waals surface area contributed by atoms with Crippen LogP contribution in [0.25, 0.3) is 0 Å². The van der Waals surface area contributed by atoms with Crippen LogP contribution in [0.5, 0.6) is 0 Å². The molecule has 0 bridgehead atoms. The Bertz CT molecular complexity index is 402. The first-order chi connectivity index (χ1) is 9.08. The van der Waals surface area contributed by atoms with Crippen LogP contribution < -0.4 is 10.6 Å². The zero-order chi connectivity index (χ0) is 13.8. The largest absolute Gasteiger partial charge is 0.384 e. The zero-order valence-corrected chi connectivity index (χ0v) is 12.8. The van der Waals surface area contributed by atoms with Crippen LogP contribution in [0.2, 0.25) is 0 Å². The van der Waals surface area contributed by atoms with E-state index in [1.54, 1.807) is 0 Å². The molecule has 1 aromatic rings. The second kappa shape index (κ2) is 6.42. The SMILES string of the molecule is CC(C)C(CNCc1ccc2c(c1)CCN2)C(C)C. The summed E-state index contributed by atoms with van der Waals surface area (Å²) in [5.74, 6) is 2.25. The van der Waals surface area contributed by atoms with Crippen molar-refractivity contribution in [1.29, 1.82) is 0 Å². The van der Waals surface area contributed by atoms with Gasteiger partial charge < -0.3 is 10.6 Å². The van der Waals surface area contributed by atoms with E-state index in [1.165, 1.54) is 23.2 Å². The van der Waals surface area contributed by atoms with Crippen molar-refractivity contribution in [3.05, 3.63) is 29.3 Å². The summed E-state index contributed by atoms with van der Waals surface area (Å²) in [4.78, 5) is 0. The molecule has 0 saturated carbocycles. The molecule has 2 N–H and O–H groups in total. The van der Waals surface area contributed by atoms with Gasteiger partial charge in [0.15, 0.2) is 0 Å². The first-order valence-electron chi connectivity index (χ1n) is 7.64. The molecule has 106 valence electrons. The van der Waals surface area contributed by atoms with Crippen LogP contribution >= 0.6 is 0 Å². The minimum absolute atomic E-state index is 0.747. The molecule has 0 unspecified atom stereocenters. The van der Waals surface area contributed by atoms with Crippen molar-refractivity contribution < 1.29 is 0 Å². The van der Waals surface area contributed by atoms with Crippen molar-refractivity contribution in [3.8, 4) is 0 Å². The molecule has 0 spiro atoms. The lowest BCUT2D eigenvalue weighted by molar-refractivity contribution is 0.275. The maximum Gasteiger partial charge on any atom is 0.0373 e. The third-order valence-electron chi connectivity index (χ3n) is 4.30. The lowest BCUT2D eigenvalue weighted by atomic mass is 9.85. The van der Waals surface area contributed by atoms with Gasteiger partial charge in [-0.1, -0.05) is 39.8 Å². The Morgan fingerprint density at radius 1 is 1.16 bits per heavy atom. The summed E-state index contributed by atoms with van der Waals surface area (Å²) in [5, 5.41) is 7.05. The van der Waals surface area contributed by atoms with E-state index in [0.717, 1.165) is 37.4 Å². The number of rotatable bonds is 6. The van der Waals surface area contributed by atoms with Gasteiger partial charge in [-0.05, 0) is 47.9 Å². The Balaban J connectivity index is 1.85. The van der Waals surface area contributed by atoms with Crippen molar-refractivity contribution >= 4 is 5.69 Å². The number of hydrogen-bond donors (Lipinski definition) is 2. The predicted octanol–water partition coefficient (Wildman–Crippen LogP) is 3.67. The van der Waals surface area contributed by atoms with Crippen LogP contribution in [0.3, 0.4) is 0 Å². The Labute approximate surface area is 118 Å². The van der Waals surface area contributed by atoms with E-state index < -0.39 is 0 Å². The molecule has 1 aromatic carbocycles. The molecule has 0 atom stereocenters. The number of hydrogen-bond acceptors (Lipinski definition) is 2. The molecule has 2 nitrogen and oxygen atoms in total. The lowest BCUT2D eigenvalue weighted by Gasteiger charge is -2.25. The predicted molar refractivity (Wildman–Crippen MR) is 83.5 cm³/mol. The number of anilines is 1. The van der Waals surface area contributed by atoms with Gasteiger partial charge in [-0.25, -0.2) is 0 Å². The average Bonchev–Trinajstić information content (AvgIpc) is 2.80. The van der Waals surface area contributed by atoms with E-state index in [4.69, 9.17) is 0 Å². The van der Waals surface area contributed by atoms with Crippen molar-refractivity contribution in [2.24, 2.45) is 17.8 Å². The van der Waals surface area contributed by atoms with E-state index in [1.807, 2.05) is 0 Å². The molecular formula is C17H28N2.